The normalized spacial score (nSPS) is 16.2. The summed E-state index contributed by atoms with van der Waals surface area (Å²) < 4.78 is 13.5. The average Bonchev–Trinajstić information content (AvgIpc) is 3.13. The van der Waals surface area contributed by atoms with Crippen molar-refractivity contribution >= 4 is 22.8 Å². The van der Waals surface area contributed by atoms with Gasteiger partial charge >= 0.3 is 0 Å². The van der Waals surface area contributed by atoms with Gasteiger partial charge in [0.1, 0.15) is 5.82 Å². The van der Waals surface area contributed by atoms with Crippen molar-refractivity contribution in [3.05, 3.63) is 77.7 Å². The zero-order valence-corrected chi connectivity index (χ0v) is 15.8. The Morgan fingerprint density at radius 2 is 1.79 bits per heavy atom. The summed E-state index contributed by atoms with van der Waals surface area (Å²) in [4.78, 5) is 20.3. The molecule has 1 N–H and O–H groups in total. The number of hydrogen-bond donors (Lipinski definition) is 1. The summed E-state index contributed by atoms with van der Waals surface area (Å²) in [6.07, 6.45) is 6.03. The highest BCUT2D eigenvalue weighted by Gasteiger charge is 2.20. The molecule has 0 radical (unpaired) electrons. The number of nitrogens with zero attached hydrogens (tertiary/aromatic N) is 2. The van der Waals surface area contributed by atoms with Crippen LogP contribution < -0.4 is 0 Å². The van der Waals surface area contributed by atoms with Gasteiger partial charge in [-0.05, 0) is 23.8 Å². The number of piperazine rings is 1. The van der Waals surface area contributed by atoms with Crippen molar-refractivity contribution < 1.29 is 9.18 Å². The van der Waals surface area contributed by atoms with E-state index in [2.05, 4.69) is 39.1 Å². The number of rotatable bonds is 6. The molecule has 0 bridgehead atoms. The van der Waals surface area contributed by atoms with Crippen LogP contribution in [0.4, 0.5) is 4.39 Å². The Hall–Kier alpha value is -2.76. The highest BCUT2D eigenvalue weighted by atomic mass is 19.1. The summed E-state index contributed by atoms with van der Waals surface area (Å²) in [6.45, 7) is 4.89. The molecule has 1 aromatic heterocycles. The molecule has 1 aliphatic rings. The summed E-state index contributed by atoms with van der Waals surface area (Å²) in [5, 5.41) is 0.662. The van der Waals surface area contributed by atoms with Gasteiger partial charge in [-0.3, -0.25) is 14.6 Å². The molecule has 4 nitrogen and oxygen atoms in total. The van der Waals surface area contributed by atoms with E-state index in [1.165, 1.54) is 17.7 Å². The molecule has 4 rings (SSSR count). The van der Waals surface area contributed by atoms with Gasteiger partial charge in [0, 0.05) is 55.4 Å². The van der Waals surface area contributed by atoms with Crippen LogP contribution in [0.25, 0.3) is 17.0 Å². The third-order valence-corrected chi connectivity index (χ3v) is 5.25. The summed E-state index contributed by atoms with van der Waals surface area (Å²) in [5.41, 5.74) is 2.57. The largest absolute Gasteiger partial charge is 0.360 e. The second kappa shape index (κ2) is 8.50. The first-order valence-corrected chi connectivity index (χ1v) is 9.65. The molecule has 28 heavy (non-hydrogen) atoms. The molecule has 144 valence electrons. The van der Waals surface area contributed by atoms with E-state index in [9.17, 15) is 9.18 Å². The number of halogens is 1. The lowest BCUT2D eigenvalue weighted by Gasteiger charge is -2.33. The van der Waals surface area contributed by atoms with Gasteiger partial charge in [-0.2, -0.15) is 0 Å². The number of carbonyl (C=O) groups is 1. The number of H-pyrrole nitrogens is 1. The fourth-order valence-electron chi connectivity index (χ4n) is 3.64. The number of aromatic nitrogens is 1. The maximum Gasteiger partial charge on any atom is 0.178 e. The zero-order valence-electron chi connectivity index (χ0n) is 15.8. The molecular formula is C23H24FN3O. The molecule has 0 saturated carbocycles. The molecule has 2 heterocycles. The number of ketones is 1. The van der Waals surface area contributed by atoms with Gasteiger partial charge < -0.3 is 4.98 Å². The van der Waals surface area contributed by atoms with Gasteiger partial charge in [-0.1, -0.05) is 42.5 Å². The number of fused-ring (bicyclic) bond motifs is 1. The third kappa shape index (κ3) is 4.38. The van der Waals surface area contributed by atoms with Crippen molar-refractivity contribution in [2.45, 2.75) is 0 Å². The number of carbonyl (C=O) groups excluding carboxylic acids is 1. The molecule has 1 saturated heterocycles. The minimum absolute atomic E-state index is 0.0364. The van der Waals surface area contributed by atoms with E-state index in [0.717, 1.165) is 38.2 Å². The van der Waals surface area contributed by atoms with Crippen molar-refractivity contribution in [2.75, 3.05) is 39.3 Å². The molecule has 0 atom stereocenters. The van der Waals surface area contributed by atoms with E-state index in [-0.39, 0.29) is 11.6 Å². The van der Waals surface area contributed by atoms with Crippen LogP contribution in [0.2, 0.25) is 0 Å². The van der Waals surface area contributed by atoms with E-state index in [1.807, 2.05) is 18.2 Å². The quantitative estimate of drug-likeness (QED) is 0.664. The van der Waals surface area contributed by atoms with Gasteiger partial charge in [0.05, 0.1) is 6.54 Å². The molecule has 1 aliphatic heterocycles. The smallest absolute Gasteiger partial charge is 0.178 e. The van der Waals surface area contributed by atoms with E-state index < -0.39 is 0 Å². The lowest BCUT2D eigenvalue weighted by atomic mass is 10.1. The average molecular weight is 377 g/mol. The predicted octanol–water partition coefficient (Wildman–Crippen LogP) is 3.82. The predicted molar refractivity (Wildman–Crippen MR) is 111 cm³/mol. The van der Waals surface area contributed by atoms with Crippen LogP contribution in [-0.4, -0.2) is 59.8 Å². The Morgan fingerprint density at radius 3 is 2.57 bits per heavy atom. The molecule has 3 aromatic rings. The van der Waals surface area contributed by atoms with E-state index in [0.29, 0.717) is 17.5 Å². The van der Waals surface area contributed by atoms with E-state index >= 15 is 0 Å². The molecule has 2 aromatic carbocycles. The van der Waals surface area contributed by atoms with Gasteiger partial charge in [-0.25, -0.2) is 4.39 Å². The number of nitrogens with one attached hydrogen (secondary N) is 1. The maximum absolute atomic E-state index is 13.5. The Labute approximate surface area is 164 Å². The number of hydrogen-bond acceptors (Lipinski definition) is 3. The maximum atomic E-state index is 13.5. The number of benzene rings is 2. The van der Waals surface area contributed by atoms with Crippen molar-refractivity contribution in [2.24, 2.45) is 0 Å². The summed E-state index contributed by atoms with van der Waals surface area (Å²) >= 11 is 0. The van der Waals surface area contributed by atoms with Crippen molar-refractivity contribution in [3.8, 4) is 0 Å². The third-order valence-electron chi connectivity index (χ3n) is 5.25. The monoisotopic (exact) mass is 377 g/mol. The Morgan fingerprint density at radius 1 is 1.04 bits per heavy atom. The molecular weight excluding hydrogens is 353 g/mol. The second-order valence-corrected chi connectivity index (χ2v) is 7.21. The summed E-state index contributed by atoms with van der Waals surface area (Å²) in [6, 6.07) is 14.8. The fraction of sp³-hybridized carbons (Fsp3) is 0.261. The number of Topliss-reactive ketones (excluding diaryl/α,β-unsaturated/α-hetero) is 1. The van der Waals surface area contributed by atoms with Gasteiger partial charge in [0.15, 0.2) is 5.78 Å². The van der Waals surface area contributed by atoms with Crippen LogP contribution in [0.3, 0.4) is 0 Å². The first-order valence-electron chi connectivity index (χ1n) is 9.65. The highest BCUT2D eigenvalue weighted by molar-refractivity contribution is 6.08. The summed E-state index contributed by atoms with van der Waals surface area (Å²) in [5.74, 6) is -0.285. The van der Waals surface area contributed by atoms with Crippen LogP contribution in [0.15, 0.2) is 60.8 Å². The van der Waals surface area contributed by atoms with Crippen molar-refractivity contribution in [3.63, 3.8) is 0 Å². The van der Waals surface area contributed by atoms with E-state index in [1.54, 1.807) is 12.3 Å². The first-order chi connectivity index (χ1) is 13.7. The molecule has 0 spiro atoms. The first kappa shape index (κ1) is 18.6. The zero-order chi connectivity index (χ0) is 19.3. The van der Waals surface area contributed by atoms with Crippen LogP contribution in [0, 0.1) is 5.82 Å². The minimum atomic E-state index is -0.321. The Bertz CT molecular complexity index is 972. The Kier molecular flexibility index (Phi) is 5.65. The van der Waals surface area contributed by atoms with Crippen LogP contribution in [0.5, 0.6) is 0 Å². The van der Waals surface area contributed by atoms with Gasteiger partial charge in [-0.15, -0.1) is 0 Å². The molecule has 0 amide bonds. The van der Waals surface area contributed by atoms with Gasteiger partial charge in [0.2, 0.25) is 0 Å². The van der Waals surface area contributed by atoms with E-state index in [4.69, 9.17) is 0 Å². The van der Waals surface area contributed by atoms with Crippen LogP contribution in [-0.2, 0) is 0 Å². The van der Waals surface area contributed by atoms with Crippen LogP contribution >= 0.6 is 0 Å². The SMILES string of the molecule is O=C(CN1CCN(C/C=C/c2ccccc2)CC1)c1c[nH]c2ccc(F)cc12. The molecule has 0 unspecified atom stereocenters. The molecule has 5 heteroatoms. The standard InChI is InChI=1S/C23H24FN3O/c24-19-8-9-22-20(15-19)21(16-25-22)23(28)17-27-13-11-26(12-14-27)10-4-7-18-5-2-1-3-6-18/h1-9,15-16,25H,10-14,17H2/b7-4+. The summed E-state index contributed by atoms with van der Waals surface area (Å²) in [7, 11) is 0. The minimum Gasteiger partial charge on any atom is -0.360 e. The Balaban J connectivity index is 1.28. The second-order valence-electron chi connectivity index (χ2n) is 7.21. The lowest BCUT2D eigenvalue weighted by Crippen LogP contribution is -2.47. The number of aromatic amines is 1. The fourth-order valence-corrected chi connectivity index (χ4v) is 3.64. The highest BCUT2D eigenvalue weighted by Crippen LogP contribution is 2.20. The van der Waals surface area contributed by atoms with Crippen LogP contribution in [0.1, 0.15) is 15.9 Å². The van der Waals surface area contributed by atoms with Crippen molar-refractivity contribution in [1.29, 1.82) is 0 Å². The molecule has 0 aliphatic carbocycles. The topological polar surface area (TPSA) is 39.3 Å². The van der Waals surface area contributed by atoms with Crippen molar-refractivity contribution in [1.82, 2.24) is 14.8 Å². The van der Waals surface area contributed by atoms with Gasteiger partial charge in [0.25, 0.3) is 0 Å². The lowest BCUT2D eigenvalue weighted by molar-refractivity contribution is 0.0866. The molecule has 1 fully saturated rings.